The van der Waals surface area contributed by atoms with E-state index < -0.39 is 10.0 Å². The smallest absolute Gasteiger partial charge is 0.237 e. The van der Waals surface area contributed by atoms with Crippen LogP contribution >= 0.6 is 11.6 Å². The van der Waals surface area contributed by atoms with Crippen molar-refractivity contribution in [2.45, 2.75) is 5.75 Å². The molecule has 7 heteroatoms. The predicted molar refractivity (Wildman–Crippen MR) is 87.2 cm³/mol. The van der Waals surface area contributed by atoms with Gasteiger partial charge in [0.15, 0.2) is 0 Å². The van der Waals surface area contributed by atoms with E-state index in [1.165, 1.54) is 14.2 Å². The average molecular weight is 342 g/mol. The number of anilines is 1. The van der Waals surface area contributed by atoms with Gasteiger partial charge < -0.3 is 9.47 Å². The quantitative estimate of drug-likeness (QED) is 0.875. The fourth-order valence-electron chi connectivity index (χ4n) is 1.91. The molecule has 0 aromatic heterocycles. The van der Waals surface area contributed by atoms with Crippen LogP contribution in [0.5, 0.6) is 11.5 Å². The van der Waals surface area contributed by atoms with Crippen molar-refractivity contribution in [2.75, 3.05) is 18.9 Å². The number of hydrogen-bond donors (Lipinski definition) is 1. The Morgan fingerprint density at radius 2 is 1.82 bits per heavy atom. The number of nitrogens with one attached hydrogen (secondary N) is 1. The Morgan fingerprint density at radius 1 is 1.09 bits per heavy atom. The molecule has 0 aliphatic heterocycles. The van der Waals surface area contributed by atoms with Crippen molar-refractivity contribution in [1.82, 2.24) is 0 Å². The molecule has 1 N–H and O–H groups in total. The Hall–Kier alpha value is -1.92. The molecule has 0 aliphatic rings. The molecule has 0 heterocycles. The number of methoxy groups -OCH3 is 2. The summed E-state index contributed by atoms with van der Waals surface area (Å²) in [6, 6.07) is 11.7. The van der Waals surface area contributed by atoms with Crippen LogP contribution in [0, 0.1) is 0 Å². The summed E-state index contributed by atoms with van der Waals surface area (Å²) >= 11 is 6.00. The molecule has 2 aromatic rings. The van der Waals surface area contributed by atoms with Gasteiger partial charge in [-0.15, -0.1) is 0 Å². The van der Waals surface area contributed by atoms with E-state index in [4.69, 9.17) is 21.1 Å². The second kappa shape index (κ2) is 6.89. The summed E-state index contributed by atoms with van der Waals surface area (Å²) in [5.74, 6) is 0.731. The largest absolute Gasteiger partial charge is 0.497 e. The second-order valence-electron chi connectivity index (χ2n) is 4.52. The van der Waals surface area contributed by atoms with E-state index in [0.717, 1.165) is 0 Å². The number of ether oxygens (including phenoxy) is 2. The van der Waals surface area contributed by atoms with E-state index >= 15 is 0 Å². The fraction of sp³-hybridized carbons (Fsp3) is 0.200. The molecule has 0 fully saturated rings. The highest BCUT2D eigenvalue weighted by Crippen LogP contribution is 2.30. The molecule has 118 valence electrons. The average Bonchev–Trinajstić information content (AvgIpc) is 2.49. The molecular formula is C15H16ClNO4S. The summed E-state index contributed by atoms with van der Waals surface area (Å²) in [5, 5.41) is 0.412. The van der Waals surface area contributed by atoms with Gasteiger partial charge in [-0.2, -0.15) is 0 Å². The monoisotopic (exact) mass is 341 g/mol. The minimum absolute atomic E-state index is 0.220. The molecule has 0 aliphatic carbocycles. The molecule has 2 aromatic carbocycles. The molecule has 22 heavy (non-hydrogen) atoms. The normalized spacial score (nSPS) is 11.0. The van der Waals surface area contributed by atoms with E-state index in [1.54, 1.807) is 42.5 Å². The Bertz CT molecular complexity index is 762. The van der Waals surface area contributed by atoms with Crippen molar-refractivity contribution < 1.29 is 17.9 Å². The first-order chi connectivity index (χ1) is 10.4. The van der Waals surface area contributed by atoms with Crippen LogP contribution in [0.1, 0.15) is 5.56 Å². The summed E-state index contributed by atoms with van der Waals surface area (Å²) in [4.78, 5) is 0. The maximum Gasteiger partial charge on any atom is 0.237 e. The second-order valence-corrected chi connectivity index (χ2v) is 6.65. The van der Waals surface area contributed by atoms with Crippen molar-refractivity contribution in [3.8, 4) is 11.5 Å². The van der Waals surface area contributed by atoms with E-state index in [-0.39, 0.29) is 5.75 Å². The molecular weight excluding hydrogens is 326 g/mol. The molecule has 0 amide bonds. The van der Waals surface area contributed by atoms with Crippen LogP contribution in [0.4, 0.5) is 5.69 Å². The first-order valence-electron chi connectivity index (χ1n) is 6.41. The van der Waals surface area contributed by atoms with Crippen LogP contribution in [0.2, 0.25) is 5.02 Å². The van der Waals surface area contributed by atoms with Crippen LogP contribution in [0.25, 0.3) is 0 Å². The van der Waals surface area contributed by atoms with Crippen LogP contribution in [-0.4, -0.2) is 22.6 Å². The predicted octanol–water partition coefficient (Wildman–Crippen LogP) is 3.30. The Labute approximate surface area is 134 Å². The lowest BCUT2D eigenvalue weighted by Crippen LogP contribution is -2.16. The zero-order chi connectivity index (χ0) is 16.2. The fourth-order valence-corrected chi connectivity index (χ4v) is 3.43. The summed E-state index contributed by atoms with van der Waals surface area (Å²) in [6.07, 6.45) is 0. The third kappa shape index (κ3) is 4.05. The molecule has 0 saturated carbocycles. The van der Waals surface area contributed by atoms with E-state index in [1.807, 2.05) is 0 Å². The third-order valence-corrected chi connectivity index (χ3v) is 4.57. The van der Waals surface area contributed by atoms with Crippen LogP contribution in [0.15, 0.2) is 42.5 Å². The number of rotatable bonds is 6. The van der Waals surface area contributed by atoms with Crippen molar-refractivity contribution in [3.05, 3.63) is 53.1 Å². The summed E-state index contributed by atoms with van der Waals surface area (Å²) < 4.78 is 37.3. The van der Waals surface area contributed by atoms with E-state index in [2.05, 4.69) is 4.72 Å². The van der Waals surface area contributed by atoms with Crippen molar-refractivity contribution in [2.24, 2.45) is 0 Å². The maximum absolute atomic E-state index is 12.3. The summed E-state index contributed by atoms with van der Waals surface area (Å²) in [5.41, 5.74) is 0.875. The number of hydrogen-bond acceptors (Lipinski definition) is 4. The molecule has 0 spiro atoms. The van der Waals surface area contributed by atoms with Gasteiger partial charge in [-0.3, -0.25) is 4.72 Å². The Morgan fingerprint density at radius 3 is 2.45 bits per heavy atom. The van der Waals surface area contributed by atoms with Crippen molar-refractivity contribution >= 4 is 27.3 Å². The molecule has 0 radical (unpaired) electrons. The molecule has 0 atom stereocenters. The highest BCUT2D eigenvalue weighted by atomic mass is 35.5. The van der Waals surface area contributed by atoms with Gasteiger partial charge in [0.05, 0.1) is 25.7 Å². The highest BCUT2D eigenvalue weighted by molar-refractivity contribution is 7.91. The first-order valence-corrected chi connectivity index (χ1v) is 8.44. The van der Waals surface area contributed by atoms with Crippen LogP contribution in [-0.2, 0) is 15.8 Å². The lowest BCUT2D eigenvalue weighted by atomic mass is 10.2. The zero-order valence-corrected chi connectivity index (χ0v) is 13.7. The van der Waals surface area contributed by atoms with Crippen molar-refractivity contribution in [1.29, 1.82) is 0 Å². The minimum Gasteiger partial charge on any atom is -0.497 e. The van der Waals surface area contributed by atoms with Gasteiger partial charge in [-0.05, 0) is 23.8 Å². The zero-order valence-electron chi connectivity index (χ0n) is 12.2. The highest BCUT2D eigenvalue weighted by Gasteiger charge is 2.16. The van der Waals surface area contributed by atoms with E-state index in [0.29, 0.717) is 27.8 Å². The van der Waals surface area contributed by atoms with Crippen molar-refractivity contribution in [3.63, 3.8) is 0 Å². The third-order valence-electron chi connectivity index (χ3n) is 2.98. The first kappa shape index (κ1) is 16.5. The topological polar surface area (TPSA) is 64.6 Å². The standard InChI is InChI=1S/C15H16ClNO4S/c1-20-12-7-8-14(15(9-12)21-2)17-22(18,19)10-11-5-3-4-6-13(11)16/h3-9,17H,10H2,1-2H3. The molecule has 2 rings (SSSR count). The maximum atomic E-state index is 12.3. The molecule has 0 saturated heterocycles. The number of halogens is 1. The van der Waals surface area contributed by atoms with Gasteiger partial charge in [0.2, 0.25) is 10.0 Å². The lowest BCUT2D eigenvalue weighted by Gasteiger charge is -2.13. The molecule has 0 bridgehead atoms. The number of benzene rings is 2. The molecule has 0 unspecified atom stereocenters. The van der Waals surface area contributed by atoms with Gasteiger partial charge in [-0.1, -0.05) is 29.8 Å². The Balaban J connectivity index is 2.24. The van der Waals surface area contributed by atoms with E-state index in [9.17, 15) is 8.42 Å². The minimum atomic E-state index is -3.62. The summed E-state index contributed by atoms with van der Waals surface area (Å²) in [6.45, 7) is 0. The Kier molecular flexibility index (Phi) is 5.15. The van der Waals surface area contributed by atoms with Crippen LogP contribution < -0.4 is 14.2 Å². The SMILES string of the molecule is COc1ccc(NS(=O)(=O)Cc2ccccc2Cl)c(OC)c1. The number of sulfonamides is 1. The summed E-state index contributed by atoms with van der Waals surface area (Å²) in [7, 11) is -0.635. The molecule has 5 nitrogen and oxygen atoms in total. The van der Waals surface area contributed by atoms with Gasteiger partial charge in [0, 0.05) is 11.1 Å². The van der Waals surface area contributed by atoms with Gasteiger partial charge >= 0.3 is 0 Å². The van der Waals surface area contributed by atoms with Gasteiger partial charge in [-0.25, -0.2) is 8.42 Å². The lowest BCUT2D eigenvalue weighted by molar-refractivity contribution is 0.395. The van der Waals surface area contributed by atoms with Crippen LogP contribution in [0.3, 0.4) is 0 Å². The van der Waals surface area contributed by atoms with Gasteiger partial charge in [0.25, 0.3) is 0 Å². The van der Waals surface area contributed by atoms with Gasteiger partial charge in [0.1, 0.15) is 11.5 Å².